The zero-order chi connectivity index (χ0) is 13.8. The van der Waals surface area contributed by atoms with Gasteiger partial charge in [-0.15, -0.1) is 11.3 Å². The Morgan fingerprint density at radius 2 is 2.05 bits per heavy atom. The van der Waals surface area contributed by atoms with Crippen LogP contribution in [0, 0.1) is 5.82 Å². The number of hydrogen-bond acceptors (Lipinski definition) is 3. The summed E-state index contributed by atoms with van der Waals surface area (Å²) in [4.78, 5) is 2.55. The van der Waals surface area contributed by atoms with E-state index in [-0.39, 0.29) is 11.9 Å². The van der Waals surface area contributed by atoms with E-state index in [4.69, 9.17) is 5.84 Å². The van der Waals surface area contributed by atoms with Crippen LogP contribution in [0.1, 0.15) is 28.3 Å². The third kappa shape index (κ3) is 3.63. The van der Waals surface area contributed by atoms with Gasteiger partial charge in [-0.25, -0.2) is 4.39 Å². The maximum absolute atomic E-state index is 13.9. The molecule has 0 bridgehead atoms. The van der Waals surface area contributed by atoms with Crippen LogP contribution < -0.4 is 11.3 Å². The smallest absolute Gasteiger partial charge is 0.129 e. The van der Waals surface area contributed by atoms with Gasteiger partial charge in [0.2, 0.25) is 0 Å². The Bertz CT molecular complexity index is 556. The Kier molecular flexibility index (Phi) is 5.10. The van der Waals surface area contributed by atoms with Crippen LogP contribution in [0.3, 0.4) is 0 Å². The third-order valence-corrected chi connectivity index (χ3v) is 4.76. The van der Waals surface area contributed by atoms with Crippen LogP contribution in [-0.2, 0) is 12.8 Å². The topological polar surface area (TPSA) is 38.0 Å². The van der Waals surface area contributed by atoms with Crippen molar-refractivity contribution in [3.05, 3.63) is 55.9 Å². The normalized spacial score (nSPS) is 12.6. The molecule has 1 aromatic carbocycles. The largest absolute Gasteiger partial charge is 0.271 e. The van der Waals surface area contributed by atoms with E-state index in [9.17, 15) is 4.39 Å². The van der Waals surface area contributed by atoms with Gasteiger partial charge < -0.3 is 0 Å². The van der Waals surface area contributed by atoms with Crippen LogP contribution in [0.4, 0.5) is 4.39 Å². The molecule has 0 aliphatic rings. The molecule has 2 rings (SSSR count). The van der Waals surface area contributed by atoms with Crippen molar-refractivity contribution >= 4 is 27.3 Å². The fourth-order valence-corrected chi connectivity index (χ4v) is 3.30. The SMILES string of the molecule is CCc1ccc(CC(NN)c2ccc(Br)cc2F)s1. The first kappa shape index (κ1) is 14.7. The number of nitrogens with two attached hydrogens (primary N) is 1. The Morgan fingerprint density at radius 1 is 1.32 bits per heavy atom. The molecule has 0 aliphatic heterocycles. The zero-order valence-corrected chi connectivity index (χ0v) is 13.0. The van der Waals surface area contributed by atoms with Gasteiger partial charge in [0.15, 0.2) is 0 Å². The fourth-order valence-electron chi connectivity index (χ4n) is 1.97. The molecule has 0 saturated carbocycles. The summed E-state index contributed by atoms with van der Waals surface area (Å²) in [5, 5.41) is 0. The number of halogens is 2. The molecule has 0 amide bonds. The predicted octanol–water partition coefficient (Wildman–Crippen LogP) is 3.96. The highest BCUT2D eigenvalue weighted by atomic mass is 79.9. The molecule has 2 aromatic rings. The van der Waals surface area contributed by atoms with Crippen molar-refractivity contribution < 1.29 is 4.39 Å². The molecule has 19 heavy (non-hydrogen) atoms. The highest BCUT2D eigenvalue weighted by Crippen LogP contribution is 2.26. The summed E-state index contributed by atoms with van der Waals surface area (Å²) in [6.45, 7) is 2.13. The maximum atomic E-state index is 13.9. The summed E-state index contributed by atoms with van der Waals surface area (Å²) in [5.41, 5.74) is 3.30. The van der Waals surface area contributed by atoms with E-state index in [1.165, 1.54) is 15.8 Å². The summed E-state index contributed by atoms with van der Waals surface area (Å²) in [5.74, 6) is 5.33. The van der Waals surface area contributed by atoms with E-state index in [0.29, 0.717) is 12.0 Å². The lowest BCUT2D eigenvalue weighted by atomic mass is 10.0. The molecule has 1 atom stereocenters. The molecule has 1 aromatic heterocycles. The first-order valence-corrected chi connectivity index (χ1v) is 7.73. The summed E-state index contributed by atoms with van der Waals surface area (Å²) in [6.07, 6.45) is 1.72. The number of hydrogen-bond donors (Lipinski definition) is 2. The van der Waals surface area contributed by atoms with Crippen LogP contribution in [0.2, 0.25) is 0 Å². The maximum Gasteiger partial charge on any atom is 0.129 e. The highest BCUT2D eigenvalue weighted by Gasteiger charge is 2.16. The molecule has 1 unspecified atom stereocenters. The number of thiophene rings is 1. The molecule has 1 heterocycles. The van der Waals surface area contributed by atoms with Gasteiger partial charge in [-0.05, 0) is 30.7 Å². The van der Waals surface area contributed by atoms with Gasteiger partial charge >= 0.3 is 0 Å². The zero-order valence-electron chi connectivity index (χ0n) is 10.6. The minimum atomic E-state index is -0.246. The number of hydrazine groups is 1. The minimum Gasteiger partial charge on any atom is -0.271 e. The molecule has 0 saturated heterocycles. The van der Waals surface area contributed by atoms with Crippen LogP contribution in [-0.4, -0.2) is 0 Å². The number of rotatable bonds is 5. The monoisotopic (exact) mass is 342 g/mol. The second kappa shape index (κ2) is 6.61. The van der Waals surface area contributed by atoms with Gasteiger partial charge in [0.25, 0.3) is 0 Å². The summed E-state index contributed by atoms with van der Waals surface area (Å²) in [7, 11) is 0. The van der Waals surface area contributed by atoms with E-state index < -0.39 is 0 Å². The van der Waals surface area contributed by atoms with Crippen LogP contribution in [0.25, 0.3) is 0 Å². The number of aryl methyl sites for hydroxylation is 1. The standard InChI is InChI=1S/C14H16BrFN2S/c1-2-10-4-5-11(19-10)8-14(18-17)12-6-3-9(15)7-13(12)16/h3-7,14,18H,2,8,17H2,1H3. The van der Waals surface area contributed by atoms with Crippen LogP contribution >= 0.6 is 27.3 Å². The van der Waals surface area contributed by atoms with Gasteiger partial charge in [-0.2, -0.15) is 0 Å². The number of nitrogens with one attached hydrogen (secondary N) is 1. The van der Waals surface area contributed by atoms with E-state index in [2.05, 4.69) is 40.4 Å². The molecule has 3 N–H and O–H groups in total. The molecule has 0 aliphatic carbocycles. The van der Waals surface area contributed by atoms with Crippen molar-refractivity contribution in [1.82, 2.24) is 5.43 Å². The van der Waals surface area contributed by atoms with Gasteiger partial charge in [0.1, 0.15) is 5.82 Å². The van der Waals surface area contributed by atoms with Gasteiger partial charge in [0.05, 0.1) is 6.04 Å². The molecule has 0 radical (unpaired) electrons. The summed E-state index contributed by atoms with van der Waals surface area (Å²) in [6, 6.07) is 9.05. The van der Waals surface area contributed by atoms with Gasteiger partial charge in [0, 0.05) is 26.2 Å². The molecular weight excluding hydrogens is 327 g/mol. The minimum absolute atomic E-state index is 0.212. The molecule has 2 nitrogen and oxygen atoms in total. The van der Waals surface area contributed by atoms with Crippen LogP contribution in [0.5, 0.6) is 0 Å². The predicted molar refractivity (Wildman–Crippen MR) is 81.6 cm³/mol. The first-order valence-electron chi connectivity index (χ1n) is 6.12. The Balaban J connectivity index is 2.19. The molecular formula is C14H16BrFN2S. The molecule has 0 fully saturated rings. The Hall–Kier alpha value is -0.750. The third-order valence-electron chi connectivity index (χ3n) is 3.01. The fraction of sp³-hybridized carbons (Fsp3) is 0.286. The lowest BCUT2D eigenvalue weighted by Crippen LogP contribution is -2.30. The summed E-state index contributed by atoms with van der Waals surface area (Å²) >= 11 is 5.01. The highest BCUT2D eigenvalue weighted by molar-refractivity contribution is 9.10. The quantitative estimate of drug-likeness (QED) is 0.637. The van der Waals surface area contributed by atoms with Crippen molar-refractivity contribution in [3.63, 3.8) is 0 Å². The molecule has 0 spiro atoms. The first-order chi connectivity index (χ1) is 9.13. The van der Waals surface area contributed by atoms with E-state index in [1.807, 2.05) is 6.07 Å². The molecule has 5 heteroatoms. The van der Waals surface area contributed by atoms with Crippen molar-refractivity contribution in [2.24, 2.45) is 5.84 Å². The van der Waals surface area contributed by atoms with Crippen LogP contribution in [0.15, 0.2) is 34.8 Å². The average molecular weight is 343 g/mol. The second-order valence-corrected chi connectivity index (χ2v) is 6.48. The lowest BCUT2D eigenvalue weighted by Gasteiger charge is -2.16. The van der Waals surface area contributed by atoms with Crippen molar-refractivity contribution in [1.29, 1.82) is 0 Å². The van der Waals surface area contributed by atoms with Gasteiger partial charge in [-0.1, -0.05) is 28.9 Å². The number of benzene rings is 1. The molecule has 102 valence electrons. The lowest BCUT2D eigenvalue weighted by molar-refractivity contribution is 0.512. The van der Waals surface area contributed by atoms with Crippen molar-refractivity contribution in [3.8, 4) is 0 Å². The Labute approximate surface area is 124 Å². The van der Waals surface area contributed by atoms with E-state index in [0.717, 1.165) is 10.9 Å². The van der Waals surface area contributed by atoms with E-state index >= 15 is 0 Å². The van der Waals surface area contributed by atoms with Gasteiger partial charge in [-0.3, -0.25) is 11.3 Å². The summed E-state index contributed by atoms with van der Waals surface area (Å²) < 4.78 is 14.7. The second-order valence-electron chi connectivity index (χ2n) is 4.31. The van der Waals surface area contributed by atoms with Crippen molar-refractivity contribution in [2.45, 2.75) is 25.8 Å². The average Bonchev–Trinajstić information content (AvgIpc) is 2.84. The Morgan fingerprint density at radius 3 is 2.63 bits per heavy atom. The van der Waals surface area contributed by atoms with Crippen molar-refractivity contribution in [2.75, 3.05) is 0 Å². The van der Waals surface area contributed by atoms with E-state index in [1.54, 1.807) is 17.4 Å².